The van der Waals surface area contributed by atoms with Gasteiger partial charge in [0.1, 0.15) is 0 Å². The van der Waals surface area contributed by atoms with Crippen LogP contribution in [0.25, 0.3) is 0 Å². The normalized spacial score (nSPS) is 12.5. The molecule has 1 aromatic carbocycles. The van der Waals surface area contributed by atoms with E-state index in [0.29, 0.717) is 5.56 Å². The number of sulfonamides is 1. The molecule has 3 nitrogen and oxygen atoms in total. The predicted octanol–water partition coefficient (Wildman–Crippen LogP) is 3.39. The van der Waals surface area contributed by atoms with Crippen molar-refractivity contribution in [2.24, 2.45) is 0 Å². The van der Waals surface area contributed by atoms with Crippen LogP contribution in [0.4, 0.5) is 13.2 Å². The van der Waals surface area contributed by atoms with Crippen LogP contribution in [0.5, 0.6) is 0 Å². The summed E-state index contributed by atoms with van der Waals surface area (Å²) in [5.41, 5.74) is 0.353. The molecule has 1 N–H and O–H groups in total. The Hall–Kier alpha value is -1.38. The fourth-order valence-electron chi connectivity index (χ4n) is 1.65. The average molecular weight is 335 g/mol. The van der Waals surface area contributed by atoms with Crippen LogP contribution in [0.3, 0.4) is 0 Å². The van der Waals surface area contributed by atoms with Crippen molar-refractivity contribution in [2.45, 2.75) is 18.5 Å². The molecule has 0 spiro atoms. The molecule has 0 aliphatic rings. The summed E-state index contributed by atoms with van der Waals surface area (Å²) in [5.74, 6) is -0.352. The third-order valence-electron chi connectivity index (χ3n) is 2.71. The van der Waals surface area contributed by atoms with Gasteiger partial charge in [-0.3, -0.25) is 0 Å². The molecule has 0 atom stereocenters. The van der Waals surface area contributed by atoms with E-state index in [1.54, 1.807) is 6.07 Å². The van der Waals surface area contributed by atoms with Crippen molar-refractivity contribution < 1.29 is 21.6 Å². The maximum atomic E-state index is 12.4. The molecule has 2 rings (SSSR count). The minimum Gasteiger partial charge on any atom is -0.212 e. The van der Waals surface area contributed by atoms with Gasteiger partial charge in [0.25, 0.3) is 0 Å². The van der Waals surface area contributed by atoms with Gasteiger partial charge < -0.3 is 0 Å². The standard InChI is InChI=1S/C13H12F3NO2S2/c14-13(15,16)12-3-1-10(2-4-12)9-21(18,19)17-7-11-5-6-20-8-11/h1-6,8,17H,7,9H2. The van der Waals surface area contributed by atoms with E-state index >= 15 is 0 Å². The number of nitrogens with one attached hydrogen (secondary N) is 1. The molecule has 2 aromatic rings. The van der Waals surface area contributed by atoms with Crippen LogP contribution < -0.4 is 4.72 Å². The third-order valence-corrected chi connectivity index (χ3v) is 4.74. The van der Waals surface area contributed by atoms with Gasteiger partial charge in [-0.25, -0.2) is 13.1 Å². The van der Waals surface area contributed by atoms with Gasteiger partial charge in [0.2, 0.25) is 10.0 Å². The average Bonchev–Trinajstić information content (AvgIpc) is 2.89. The summed E-state index contributed by atoms with van der Waals surface area (Å²) >= 11 is 1.46. The second kappa shape index (κ2) is 6.17. The molecule has 0 saturated carbocycles. The molecule has 114 valence electrons. The van der Waals surface area contributed by atoms with Crippen molar-refractivity contribution in [1.82, 2.24) is 4.72 Å². The van der Waals surface area contributed by atoms with Crippen LogP contribution in [0.1, 0.15) is 16.7 Å². The van der Waals surface area contributed by atoms with Gasteiger partial charge >= 0.3 is 6.18 Å². The summed E-state index contributed by atoms with van der Waals surface area (Å²) in [5, 5.41) is 3.65. The molecular weight excluding hydrogens is 323 g/mol. The zero-order valence-corrected chi connectivity index (χ0v) is 12.4. The monoisotopic (exact) mass is 335 g/mol. The molecule has 0 bridgehead atoms. The van der Waals surface area contributed by atoms with E-state index in [0.717, 1.165) is 17.7 Å². The number of alkyl halides is 3. The summed E-state index contributed by atoms with van der Waals surface area (Å²) < 4.78 is 63.3. The van der Waals surface area contributed by atoms with E-state index < -0.39 is 21.8 Å². The van der Waals surface area contributed by atoms with Crippen molar-refractivity contribution >= 4 is 21.4 Å². The minimum atomic E-state index is -4.42. The van der Waals surface area contributed by atoms with Crippen molar-refractivity contribution in [3.05, 3.63) is 57.8 Å². The minimum absolute atomic E-state index is 0.173. The SMILES string of the molecule is O=S(=O)(Cc1ccc(C(F)(F)F)cc1)NCc1ccsc1. The van der Waals surface area contributed by atoms with Gasteiger partial charge in [0.15, 0.2) is 0 Å². The lowest BCUT2D eigenvalue weighted by molar-refractivity contribution is -0.137. The first-order chi connectivity index (χ1) is 9.76. The fraction of sp³-hybridized carbons (Fsp3) is 0.231. The van der Waals surface area contributed by atoms with Crippen LogP contribution in [-0.2, 0) is 28.5 Å². The van der Waals surface area contributed by atoms with Crippen LogP contribution in [0.2, 0.25) is 0 Å². The first kappa shape index (κ1) is 16.0. The summed E-state index contributed by atoms with van der Waals surface area (Å²) in [4.78, 5) is 0. The Balaban J connectivity index is 1.99. The molecule has 0 saturated heterocycles. The maximum Gasteiger partial charge on any atom is 0.416 e. The van der Waals surface area contributed by atoms with E-state index in [-0.39, 0.29) is 12.3 Å². The number of hydrogen-bond acceptors (Lipinski definition) is 3. The lowest BCUT2D eigenvalue weighted by atomic mass is 10.1. The number of benzene rings is 1. The number of thiophene rings is 1. The third kappa shape index (κ3) is 4.83. The number of halogens is 3. The highest BCUT2D eigenvalue weighted by Gasteiger charge is 2.30. The van der Waals surface area contributed by atoms with Crippen LogP contribution in [-0.4, -0.2) is 8.42 Å². The smallest absolute Gasteiger partial charge is 0.212 e. The highest BCUT2D eigenvalue weighted by atomic mass is 32.2. The highest BCUT2D eigenvalue weighted by Crippen LogP contribution is 2.29. The van der Waals surface area contributed by atoms with E-state index in [9.17, 15) is 21.6 Å². The number of hydrogen-bond donors (Lipinski definition) is 1. The van der Waals surface area contributed by atoms with Crippen molar-refractivity contribution in [2.75, 3.05) is 0 Å². The quantitative estimate of drug-likeness (QED) is 0.910. The summed E-state index contributed by atoms with van der Waals surface area (Å²) in [6.07, 6.45) is -4.42. The Labute approximate surface area is 124 Å². The molecule has 0 radical (unpaired) electrons. The molecule has 0 amide bonds. The van der Waals surface area contributed by atoms with Gasteiger partial charge in [-0.2, -0.15) is 24.5 Å². The number of rotatable bonds is 5. The van der Waals surface area contributed by atoms with Crippen LogP contribution >= 0.6 is 11.3 Å². The zero-order valence-electron chi connectivity index (χ0n) is 10.7. The van der Waals surface area contributed by atoms with E-state index in [1.807, 2.05) is 10.8 Å². The summed E-state index contributed by atoms with van der Waals surface area (Å²) in [7, 11) is -3.59. The fourth-order valence-corrected chi connectivity index (χ4v) is 3.44. The first-order valence-electron chi connectivity index (χ1n) is 5.91. The van der Waals surface area contributed by atoms with Crippen molar-refractivity contribution in [3.8, 4) is 0 Å². The highest BCUT2D eigenvalue weighted by molar-refractivity contribution is 7.88. The van der Waals surface area contributed by atoms with Crippen LogP contribution in [0, 0.1) is 0 Å². The van der Waals surface area contributed by atoms with Crippen molar-refractivity contribution in [3.63, 3.8) is 0 Å². The van der Waals surface area contributed by atoms with Crippen LogP contribution in [0.15, 0.2) is 41.1 Å². The second-order valence-corrected chi connectivity index (χ2v) is 6.99. The molecule has 0 aliphatic heterocycles. The van der Waals surface area contributed by atoms with Gasteiger partial charge in [-0.15, -0.1) is 0 Å². The largest absolute Gasteiger partial charge is 0.416 e. The molecule has 0 fully saturated rings. The molecular formula is C13H12F3NO2S2. The molecule has 1 aromatic heterocycles. The van der Waals surface area contributed by atoms with Crippen molar-refractivity contribution in [1.29, 1.82) is 0 Å². The van der Waals surface area contributed by atoms with E-state index in [4.69, 9.17) is 0 Å². The second-order valence-electron chi connectivity index (χ2n) is 4.41. The molecule has 1 heterocycles. The Bertz CT molecular complexity index is 677. The maximum absolute atomic E-state index is 12.4. The Morgan fingerprint density at radius 3 is 2.24 bits per heavy atom. The molecule has 0 aliphatic carbocycles. The van der Waals surface area contributed by atoms with Gasteiger partial charge in [-0.05, 0) is 40.1 Å². The Morgan fingerprint density at radius 1 is 1.05 bits per heavy atom. The van der Waals surface area contributed by atoms with E-state index in [2.05, 4.69) is 4.72 Å². The molecule has 0 unspecified atom stereocenters. The molecule has 21 heavy (non-hydrogen) atoms. The van der Waals surface area contributed by atoms with Gasteiger partial charge in [0.05, 0.1) is 11.3 Å². The lowest BCUT2D eigenvalue weighted by Crippen LogP contribution is -2.24. The predicted molar refractivity (Wildman–Crippen MR) is 75.2 cm³/mol. The first-order valence-corrected chi connectivity index (χ1v) is 8.50. The van der Waals surface area contributed by atoms with Gasteiger partial charge in [0, 0.05) is 6.54 Å². The molecule has 8 heteroatoms. The Morgan fingerprint density at radius 2 is 1.71 bits per heavy atom. The topological polar surface area (TPSA) is 46.2 Å². The zero-order chi connectivity index (χ0) is 15.5. The Kier molecular flexibility index (Phi) is 4.70. The van der Waals surface area contributed by atoms with E-state index in [1.165, 1.54) is 23.5 Å². The van der Waals surface area contributed by atoms with Gasteiger partial charge in [-0.1, -0.05) is 12.1 Å². The summed E-state index contributed by atoms with van der Waals surface area (Å²) in [6, 6.07) is 5.90. The summed E-state index contributed by atoms with van der Waals surface area (Å²) in [6.45, 7) is 0.173. The lowest BCUT2D eigenvalue weighted by Gasteiger charge is -2.09.